The molecule has 0 bridgehead atoms. The Kier molecular flexibility index (Phi) is 4.97. The van der Waals surface area contributed by atoms with Crippen molar-refractivity contribution >= 4 is 5.91 Å². The summed E-state index contributed by atoms with van der Waals surface area (Å²) >= 11 is 0. The first-order valence-corrected chi connectivity index (χ1v) is 7.23. The van der Waals surface area contributed by atoms with E-state index in [0.717, 1.165) is 37.8 Å². The number of aliphatic hydroxyl groups excluding tert-OH is 1. The fourth-order valence-electron chi connectivity index (χ4n) is 2.68. The van der Waals surface area contributed by atoms with Gasteiger partial charge in [0.1, 0.15) is 0 Å². The predicted molar refractivity (Wildman–Crippen MR) is 76.2 cm³/mol. The van der Waals surface area contributed by atoms with Crippen LogP contribution < -0.4 is 0 Å². The van der Waals surface area contributed by atoms with E-state index in [1.807, 2.05) is 29.2 Å². The van der Waals surface area contributed by atoms with Crippen molar-refractivity contribution in [2.24, 2.45) is 5.92 Å². The Bertz CT molecular complexity index is 413. The van der Waals surface area contributed by atoms with Crippen LogP contribution in [0, 0.1) is 5.92 Å². The Balaban J connectivity index is 2.02. The molecule has 3 nitrogen and oxygen atoms in total. The van der Waals surface area contributed by atoms with E-state index in [4.69, 9.17) is 0 Å². The van der Waals surface area contributed by atoms with E-state index in [2.05, 4.69) is 6.92 Å². The average molecular weight is 261 g/mol. The van der Waals surface area contributed by atoms with Gasteiger partial charge in [-0.3, -0.25) is 4.79 Å². The number of aliphatic hydroxyl groups is 1. The molecule has 1 unspecified atom stereocenters. The van der Waals surface area contributed by atoms with Gasteiger partial charge in [0.05, 0.1) is 0 Å². The van der Waals surface area contributed by atoms with Gasteiger partial charge in [0.15, 0.2) is 0 Å². The highest BCUT2D eigenvalue weighted by Crippen LogP contribution is 2.18. The van der Waals surface area contributed by atoms with Crippen molar-refractivity contribution in [1.82, 2.24) is 4.90 Å². The smallest absolute Gasteiger partial charge is 0.253 e. The quantitative estimate of drug-likeness (QED) is 0.904. The molecule has 3 heteroatoms. The number of carbonyl (C=O) groups excluding carboxylic acids is 1. The van der Waals surface area contributed by atoms with Crippen LogP contribution >= 0.6 is 0 Å². The first-order valence-electron chi connectivity index (χ1n) is 7.23. The molecule has 0 aliphatic carbocycles. The lowest BCUT2D eigenvalue weighted by Gasteiger charge is -2.31. The Morgan fingerprint density at radius 1 is 1.37 bits per heavy atom. The topological polar surface area (TPSA) is 40.5 Å². The minimum absolute atomic E-state index is 0.0983. The number of aryl methyl sites for hydroxylation is 1. The summed E-state index contributed by atoms with van der Waals surface area (Å²) in [6, 6.07) is 7.94. The molecule has 2 rings (SSSR count). The number of hydrogen-bond acceptors (Lipinski definition) is 2. The summed E-state index contributed by atoms with van der Waals surface area (Å²) in [4.78, 5) is 14.2. The molecule has 1 amide bonds. The number of rotatable bonds is 4. The molecule has 1 fully saturated rings. The fourth-order valence-corrected chi connectivity index (χ4v) is 2.68. The minimum Gasteiger partial charge on any atom is -0.396 e. The van der Waals surface area contributed by atoms with Crippen LogP contribution in [0.5, 0.6) is 0 Å². The van der Waals surface area contributed by atoms with Gasteiger partial charge in [-0.05, 0) is 42.9 Å². The van der Waals surface area contributed by atoms with Gasteiger partial charge in [-0.15, -0.1) is 0 Å². The van der Waals surface area contributed by atoms with Crippen molar-refractivity contribution in [2.45, 2.75) is 32.6 Å². The van der Waals surface area contributed by atoms with Gasteiger partial charge in [0.2, 0.25) is 0 Å². The number of carbonyl (C=O) groups is 1. The molecule has 104 valence electrons. The molecule has 1 aromatic carbocycles. The predicted octanol–water partition coefficient (Wildman–Crippen LogP) is 2.48. The summed E-state index contributed by atoms with van der Waals surface area (Å²) < 4.78 is 0. The van der Waals surface area contributed by atoms with Gasteiger partial charge in [0.25, 0.3) is 5.91 Å². The highest BCUT2D eigenvalue weighted by atomic mass is 16.3. The van der Waals surface area contributed by atoms with Crippen LogP contribution in [0.25, 0.3) is 0 Å². The summed E-state index contributed by atoms with van der Waals surface area (Å²) in [7, 11) is 0. The maximum Gasteiger partial charge on any atom is 0.253 e. The average Bonchev–Trinajstić information content (AvgIpc) is 2.48. The summed E-state index contributed by atoms with van der Waals surface area (Å²) in [6.07, 6.45) is 4.20. The first-order chi connectivity index (χ1) is 9.24. The molecular formula is C16H23NO2. The third kappa shape index (κ3) is 3.57. The second-order valence-electron chi connectivity index (χ2n) is 5.39. The number of piperidine rings is 1. The molecule has 1 aromatic rings. The van der Waals surface area contributed by atoms with Crippen molar-refractivity contribution in [1.29, 1.82) is 0 Å². The largest absolute Gasteiger partial charge is 0.396 e. The number of nitrogens with zero attached hydrogens (tertiary/aromatic N) is 1. The molecule has 1 aliphatic rings. The number of benzene rings is 1. The lowest BCUT2D eigenvalue weighted by Crippen LogP contribution is -2.40. The maximum absolute atomic E-state index is 12.4. The second-order valence-corrected chi connectivity index (χ2v) is 5.39. The molecule has 1 saturated heterocycles. The molecule has 1 aliphatic heterocycles. The van der Waals surface area contributed by atoms with Crippen molar-refractivity contribution in [3.8, 4) is 0 Å². The van der Waals surface area contributed by atoms with Crippen LogP contribution in [0.1, 0.15) is 42.1 Å². The lowest BCUT2D eigenvalue weighted by molar-refractivity contribution is 0.0620. The third-order valence-corrected chi connectivity index (χ3v) is 3.80. The Labute approximate surface area is 115 Å². The van der Waals surface area contributed by atoms with E-state index in [1.165, 1.54) is 5.56 Å². The van der Waals surface area contributed by atoms with E-state index < -0.39 is 0 Å². The molecular weight excluding hydrogens is 238 g/mol. The van der Waals surface area contributed by atoms with Crippen LogP contribution in [0.15, 0.2) is 24.3 Å². The van der Waals surface area contributed by atoms with Gasteiger partial charge in [0, 0.05) is 25.3 Å². The van der Waals surface area contributed by atoms with Crippen molar-refractivity contribution in [2.75, 3.05) is 19.7 Å². The van der Waals surface area contributed by atoms with E-state index in [-0.39, 0.29) is 18.4 Å². The maximum atomic E-state index is 12.4. The minimum atomic E-state index is 0.0983. The molecule has 0 saturated carbocycles. The first kappa shape index (κ1) is 14.1. The monoisotopic (exact) mass is 261 g/mol. The summed E-state index contributed by atoms with van der Waals surface area (Å²) in [5.74, 6) is 0.346. The van der Waals surface area contributed by atoms with Crippen LogP contribution in [0.3, 0.4) is 0 Å². The third-order valence-electron chi connectivity index (χ3n) is 3.80. The molecule has 0 radical (unpaired) electrons. The van der Waals surface area contributed by atoms with Crippen molar-refractivity contribution in [3.05, 3.63) is 35.4 Å². The zero-order valence-corrected chi connectivity index (χ0v) is 11.6. The SMILES string of the molecule is CCCc1ccc(C(=O)N2CCCC(CO)C2)cc1. The Morgan fingerprint density at radius 2 is 2.11 bits per heavy atom. The molecule has 0 spiro atoms. The van der Waals surface area contributed by atoms with Crippen LogP contribution in [0.4, 0.5) is 0 Å². The molecule has 1 atom stereocenters. The van der Waals surface area contributed by atoms with Crippen LogP contribution in [0.2, 0.25) is 0 Å². The van der Waals surface area contributed by atoms with Gasteiger partial charge in [-0.1, -0.05) is 25.5 Å². The Morgan fingerprint density at radius 3 is 2.74 bits per heavy atom. The zero-order chi connectivity index (χ0) is 13.7. The summed E-state index contributed by atoms with van der Waals surface area (Å²) in [5, 5.41) is 9.22. The standard InChI is InChI=1S/C16H23NO2/c1-2-4-13-6-8-15(9-7-13)16(19)17-10-3-5-14(11-17)12-18/h6-9,14,18H,2-5,10-12H2,1H3. The zero-order valence-electron chi connectivity index (χ0n) is 11.6. The van der Waals surface area contributed by atoms with Gasteiger partial charge in [-0.2, -0.15) is 0 Å². The van der Waals surface area contributed by atoms with Crippen molar-refractivity contribution < 1.29 is 9.90 Å². The van der Waals surface area contributed by atoms with E-state index in [1.54, 1.807) is 0 Å². The lowest BCUT2D eigenvalue weighted by atomic mass is 9.98. The van der Waals surface area contributed by atoms with Crippen LogP contribution in [-0.2, 0) is 6.42 Å². The number of hydrogen-bond donors (Lipinski definition) is 1. The highest BCUT2D eigenvalue weighted by molar-refractivity contribution is 5.94. The summed E-state index contributed by atoms with van der Waals surface area (Å²) in [6.45, 7) is 3.83. The van der Waals surface area contributed by atoms with E-state index in [0.29, 0.717) is 6.54 Å². The number of likely N-dealkylation sites (tertiary alicyclic amines) is 1. The van der Waals surface area contributed by atoms with E-state index >= 15 is 0 Å². The van der Waals surface area contributed by atoms with E-state index in [9.17, 15) is 9.90 Å². The molecule has 1 N–H and O–H groups in total. The fraction of sp³-hybridized carbons (Fsp3) is 0.562. The van der Waals surface area contributed by atoms with Crippen LogP contribution in [-0.4, -0.2) is 35.6 Å². The normalized spacial score (nSPS) is 19.5. The van der Waals surface area contributed by atoms with Gasteiger partial charge >= 0.3 is 0 Å². The Hall–Kier alpha value is -1.35. The molecule has 19 heavy (non-hydrogen) atoms. The number of amides is 1. The van der Waals surface area contributed by atoms with Crippen molar-refractivity contribution in [3.63, 3.8) is 0 Å². The van der Waals surface area contributed by atoms with Gasteiger partial charge in [-0.25, -0.2) is 0 Å². The van der Waals surface area contributed by atoms with Gasteiger partial charge < -0.3 is 10.0 Å². The molecule has 0 aromatic heterocycles. The summed E-state index contributed by atoms with van der Waals surface area (Å²) in [5.41, 5.74) is 2.05. The molecule has 1 heterocycles. The highest BCUT2D eigenvalue weighted by Gasteiger charge is 2.23. The second kappa shape index (κ2) is 6.71.